The van der Waals surface area contributed by atoms with E-state index >= 15 is 0 Å². The van der Waals surface area contributed by atoms with Crippen LogP contribution in [-0.2, 0) is 0 Å². The summed E-state index contributed by atoms with van der Waals surface area (Å²) in [4.78, 5) is 11.9. The van der Waals surface area contributed by atoms with E-state index in [-0.39, 0.29) is 5.56 Å². The van der Waals surface area contributed by atoms with E-state index < -0.39 is 17.5 Å². The summed E-state index contributed by atoms with van der Waals surface area (Å²) in [5, 5.41) is 2.51. The summed E-state index contributed by atoms with van der Waals surface area (Å²) in [6, 6.07) is 7.70. The quantitative estimate of drug-likeness (QED) is 0.817. The average molecular weight is 262 g/mol. The molecule has 3 N–H and O–H groups in total. The van der Waals surface area contributed by atoms with E-state index in [2.05, 4.69) is 5.32 Å². The first-order chi connectivity index (χ1) is 8.97. The highest BCUT2D eigenvalue weighted by Crippen LogP contribution is 2.20. The van der Waals surface area contributed by atoms with Gasteiger partial charge in [-0.2, -0.15) is 0 Å². The highest BCUT2D eigenvalue weighted by atomic mass is 19.1. The molecule has 19 heavy (non-hydrogen) atoms. The molecule has 0 spiro atoms. The van der Waals surface area contributed by atoms with Crippen molar-refractivity contribution in [3.05, 3.63) is 59.2 Å². The Kier molecular flexibility index (Phi) is 3.46. The highest BCUT2D eigenvalue weighted by molar-refractivity contribution is 6.05. The molecule has 2 aromatic carbocycles. The van der Waals surface area contributed by atoms with Crippen LogP contribution in [0.1, 0.15) is 15.9 Å². The molecule has 0 radical (unpaired) electrons. The summed E-state index contributed by atoms with van der Waals surface area (Å²) < 4.78 is 26.5. The van der Waals surface area contributed by atoms with Gasteiger partial charge in [0.2, 0.25) is 0 Å². The van der Waals surface area contributed by atoms with Crippen molar-refractivity contribution >= 4 is 17.3 Å². The Morgan fingerprint density at radius 1 is 1.16 bits per heavy atom. The lowest BCUT2D eigenvalue weighted by molar-refractivity contribution is 0.102. The average Bonchev–Trinajstić information content (AvgIpc) is 2.36. The topological polar surface area (TPSA) is 55.1 Å². The molecule has 1 amide bonds. The van der Waals surface area contributed by atoms with E-state index in [0.717, 1.165) is 23.8 Å². The third-order valence-electron chi connectivity index (χ3n) is 2.68. The van der Waals surface area contributed by atoms with E-state index in [9.17, 15) is 13.6 Å². The number of nitrogen functional groups attached to an aromatic ring is 1. The fraction of sp³-hybridized carbons (Fsp3) is 0.0714. The Balaban J connectivity index is 2.30. The lowest BCUT2D eigenvalue weighted by atomic mass is 10.1. The van der Waals surface area contributed by atoms with Crippen LogP contribution in [0.4, 0.5) is 20.2 Å². The van der Waals surface area contributed by atoms with Gasteiger partial charge in [-0.25, -0.2) is 8.78 Å². The van der Waals surface area contributed by atoms with Crippen LogP contribution in [0.3, 0.4) is 0 Å². The Morgan fingerprint density at radius 3 is 2.63 bits per heavy atom. The molecule has 0 aliphatic heterocycles. The molecule has 0 saturated carbocycles. The van der Waals surface area contributed by atoms with Crippen LogP contribution in [0.15, 0.2) is 36.4 Å². The molecule has 0 bridgehead atoms. The predicted molar refractivity (Wildman–Crippen MR) is 69.9 cm³/mol. The van der Waals surface area contributed by atoms with Gasteiger partial charge in [0.15, 0.2) is 0 Å². The molecule has 0 aromatic heterocycles. The summed E-state index contributed by atoms with van der Waals surface area (Å²) in [5.41, 5.74) is 6.98. The molecule has 0 heterocycles. The number of amides is 1. The maximum absolute atomic E-state index is 13.5. The monoisotopic (exact) mass is 262 g/mol. The number of nitrogens with one attached hydrogen (secondary N) is 1. The molecule has 2 aromatic rings. The molecule has 5 heteroatoms. The van der Waals surface area contributed by atoms with Crippen molar-refractivity contribution in [3.63, 3.8) is 0 Å². The minimum absolute atomic E-state index is 0.346. The number of anilines is 2. The molecule has 0 unspecified atom stereocenters. The number of nitrogens with two attached hydrogens (primary N) is 1. The minimum Gasteiger partial charge on any atom is -0.399 e. The van der Waals surface area contributed by atoms with Gasteiger partial charge in [0.25, 0.3) is 5.91 Å². The van der Waals surface area contributed by atoms with Gasteiger partial charge in [-0.05, 0) is 42.8 Å². The second kappa shape index (κ2) is 5.06. The molecule has 98 valence electrons. The van der Waals surface area contributed by atoms with Crippen molar-refractivity contribution in [3.8, 4) is 0 Å². The minimum atomic E-state index is -0.777. The zero-order valence-corrected chi connectivity index (χ0v) is 10.2. The summed E-state index contributed by atoms with van der Waals surface area (Å²) in [6.45, 7) is 1.77. The number of benzene rings is 2. The maximum atomic E-state index is 13.5. The van der Waals surface area contributed by atoms with Crippen molar-refractivity contribution in [1.29, 1.82) is 0 Å². The lowest BCUT2D eigenvalue weighted by Gasteiger charge is -2.09. The molecule has 0 aliphatic carbocycles. The summed E-state index contributed by atoms with van der Waals surface area (Å²) >= 11 is 0. The fourth-order valence-electron chi connectivity index (χ4n) is 1.64. The Bertz CT molecular complexity index is 641. The third kappa shape index (κ3) is 2.88. The van der Waals surface area contributed by atoms with Crippen LogP contribution in [0.2, 0.25) is 0 Å². The molecule has 0 atom stereocenters. The van der Waals surface area contributed by atoms with Crippen LogP contribution in [0.5, 0.6) is 0 Å². The zero-order chi connectivity index (χ0) is 14.0. The Morgan fingerprint density at radius 2 is 1.89 bits per heavy atom. The van der Waals surface area contributed by atoms with E-state index in [1.807, 2.05) is 0 Å². The number of carbonyl (C=O) groups excluding carboxylic acids is 1. The summed E-state index contributed by atoms with van der Waals surface area (Å²) in [6.07, 6.45) is 0. The van der Waals surface area contributed by atoms with Gasteiger partial charge in [0.05, 0.1) is 5.56 Å². The van der Waals surface area contributed by atoms with E-state index in [0.29, 0.717) is 11.4 Å². The third-order valence-corrected chi connectivity index (χ3v) is 2.68. The molecule has 0 saturated heterocycles. The number of rotatable bonds is 2. The second-order valence-corrected chi connectivity index (χ2v) is 4.15. The van der Waals surface area contributed by atoms with Crippen molar-refractivity contribution in [2.75, 3.05) is 11.1 Å². The van der Waals surface area contributed by atoms with Crippen molar-refractivity contribution in [2.24, 2.45) is 0 Å². The lowest BCUT2D eigenvalue weighted by Crippen LogP contribution is -2.15. The van der Waals surface area contributed by atoms with Gasteiger partial charge in [-0.15, -0.1) is 0 Å². The zero-order valence-electron chi connectivity index (χ0n) is 10.2. The fourth-order valence-corrected chi connectivity index (χ4v) is 1.64. The van der Waals surface area contributed by atoms with Crippen molar-refractivity contribution in [1.82, 2.24) is 0 Å². The van der Waals surface area contributed by atoms with Gasteiger partial charge in [0, 0.05) is 11.4 Å². The highest BCUT2D eigenvalue weighted by Gasteiger charge is 2.13. The Labute approximate surface area is 109 Å². The largest absolute Gasteiger partial charge is 0.399 e. The van der Waals surface area contributed by atoms with Gasteiger partial charge in [-0.1, -0.05) is 6.07 Å². The van der Waals surface area contributed by atoms with Crippen molar-refractivity contribution < 1.29 is 13.6 Å². The standard InChI is InChI=1S/C14H12F2N2O/c1-8-2-4-10(17)7-13(8)18-14(19)11-6-9(15)3-5-12(11)16/h2-7H,17H2,1H3,(H,18,19). The molecule has 0 fully saturated rings. The number of carbonyl (C=O) groups is 1. The van der Waals surface area contributed by atoms with Crippen molar-refractivity contribution in [2.45, 2.75) is 6.92 Å². The first kappa shape index (κ1) is 13.0. The SMILES string of the molecule is Cc1ccc(N)cc1NC(=O)c1cc(F)ccc1F. The maximum Gasteiger partial charge on any atom is 0.258 e. The molecular weight excluding hydrogens is 250 g/mol. The first-order valence-electron chi connectivity index (χ1n) is 5.60. The van der Waals surface area contributed by atoms with E-state index in [1.165, 1.54) is 0 Å². The normalized spacial score (nSPS) is 10.3. The predicted octanol–water partition coefficient (Wildman–Crippen LogP) is 3.11. The van der Waals surface area contributed by atoms with Gasteiger partial charge in [-0.3, -0.25) is 4.79 Å². The molecule has 2 rings (SSSR count). The van der Waals surface area contributed by atoms with Crippen LogP contribution in [0, 0.1) is 18.6 Å². The van der Waals surface area contributed by atoms with Crippen LogP contribution in [0.25, 0.3) is 0 Å². The van der Waals surface area contributed by atoms with E-state index in [1.54, 1.807) is 25.1 Å². The van der Waals surface area contributed by atoms with Gasteiger partial charge < -0.3 is 11.1 Å². The number of aryl methyl sites for hydroxylation is 1. The molecule has 3 nitrogen and oxygen atoms in total. The second-order valence-electron chi connectivity index (χ2n) is 4.15. The summed E-state index contributed by atoms with van der Waals surface area (Å²) in [7, 11) is 0. The smallest absolute Gasteiger partial charge is 0.258 e. The number of halogens is 2. The molecular formula is C14H12F2N2O. The van der Waals surface area contributed by atoms with Gasteiger partial charge in [0.1, 0.15) is 11.6 Å². The van der Waals surface area contributed by atoms with Crippen LogP contribution < -0.4 is 11.1 Å². The Hall–Kier alpha value is -2.43. The number of hydrogen-bond acceptors (Lipinski definition) is 2. The van der Waals surface area contributed by atoms with Gasteiger partial charge >= 0.3 is 0 Å². The van der Waals surface area contributed by atoms with Crippen LogP contribution in [-0.4, -0.2) is 5.91 Å². The van der Waals surface area contributed by atoms with Crippen LogP contribution >= 0.6 is 0 Å². The van der Waals surface area contributed by atoms with E-state index in [4.69, 9.17) is 5.73 Å². The summed E-state index contributed by atoms with van der Waals surface area (Å²) in [5.74, 6) is -2.16. The first-order valence-corrected chi connectivity index (χ1v) is 5.60. The molecule has 0 aliphatic rings. The number of hydrogen-bond donors (Lipinski definition) is 2.